The van der Waals surface area contributed by atoms with Crippen molar-refractivity contribution in [3.05, 3.63) is 35.2 Å². The molecule has 0 bridgehead atoms. The summed E-state index contributed by atoms with van der Waals surface area (Å²) in [4.78, 5) is 13.8. The maximum absolute atomic E-state index is 13.2. The lowest BCUT2D eigenvalue weighted by Crippen LogP contribution is -2.33. The Morgan fingerprint density at radius 3 is 3.05 bits per heavy atom. The third kappa shape index (κ3) is 2.33. The van der Waals surface area contributed by atoms with E-state index in [9.17, 15) is 14.3 Å². The smallest absolute Gasteiger partial charge is 0.253 e. The quantitative estimate of drug-likeness (QED) is 0.828. The second-order valence-electron chi connectivity index (χ2n) is 4.83. The Morgan fingerprint density at radius 2 is 2.32 bits per heavy atom. The summed E-state index contributed by atoms with van der Waals surface area (Å²) in [7, 11) is 0. The molecule has 1 fully saturated rings. The molecule has 19 heavy (non-hydrogen) atoms. The van der Waals surface area contributed by atoms with Crippen LogP contribution in [-0.2, 0) is 4.79 Å². The van der Waals surface area contributed by atoms with Gasteiger partial charge in [-0.2, -0.15) is 0 Å². The molecule has 1 aromatic rings. The maximum atomic E-state index is 13.2. The largest absolute Gasteiger partial charge is 0.488 e. The van der Waals surface area contributed by atoms with Crippen LogP contribution in [0.2, 0.25) is 0 Å². The van der Waals surface area contributed by atoms with Crippen molar-refractivity contribution in [2.45, 2.75) is 12.5 Å². The van der Waals surface area contributed by atoms with Crippen molar-refractivity contribution >= 4 is 12.0 Å². The highest BCUT2D eigenvalue weighted by Gasteiger charge is 2.28. The molecule has 0 saturated carbocycles. The number of benzene rings is 1. The third-order valence-electron chi connectivity index (χ3n) is 3.41. The predicted molar refractivity (Wildman–Crippen MR) is 67.1 cm³/mol. The second-order valence-corrected chi connectivity index (χ2v) is 4.83. The van der Waals surface area contributed by atoms with Crippen LogP contribution in [0.15, 0.2) is 23.8 Å². The predicted octanol–water partition coefficient (Wildman–Crippen LogP) is 1.19. The summed E-state index contributed by atoms with van der Waals surface area (Å²) in [6, 6.07) is 4.24. The van der Waals surface area contributed by atoms with Gasteiger partial charge in [0.15, 0.2) is 0 Å². The number of likely N-dealkylation sites (tertiary alicyclic amines) is 1. The number of carbonyl (C=O) groups excluding carboxylic acids is 1. The molecular formula is C14H14FNO3. The Hall–Kier alpha value is -1.88. The molecule has 1 amide bonds. The van der Waals surface area contributed by atoms with Gasteiger partial charge in [0.2, 0.25) is 0 Å². The number of fused-ring (bicyclic) bond motifs is 1. The van der Waals surface area contributed by atoms with Crippen molar-refractivity contribution < 1.29 is 19.0 Å². The number of carbonyl (C=O) groups is 1. The number of aliphatic hydroxyl groups excluding tert-OH is 1. The van der Waals surface area contributed by atoms with E-state index in [1.165, 1.54) is 12.1 Å². The zero-order valence-electron chi connectivity index (χ0n) is 10.3. The van der Waals surface area contributed by atoms with Gasteiger partial charge in [-0.05, 0) is 30.7 Å². The van der Waals surface area contributed by atoms with Crippen molar-refractivity contribution in [3.63, 3.8) is 0 Å². The number of β-amino-alcohol motifs (C(OH)–C–C–N with tert-alkyl or cyclic N) is 1. The van der Waals surface area contributed by atoms with E-state index >= 15 is 0 Å². The number of hydrogen-bond acceptors (Lipinski definition) is 3. The van der Waals surface area contributed by atoms with Crippen molar-refractivity contribution in [2.75, 3.05) is 19.7 Å². The zero-order valence-corrected chi connectivity index (χ0v) is 10.3. The second kappa shape index (κ2) is 4.66. The van der Waals surface area contributed by atoms with E-state index in [1.54, 1.807) is 17.0 Å². The highest BCUT2D eigenvalue weighted by atomic mass is 19.1. The van der Waals surface area contributed by atoms with Crippen LogP contribution in [0.25, 0.3) is 6.08 Å². The van der Waals surface area contributed by atoms with Gasteiger partial charge in [-0.25, -0.2) is 4.39 Å². The van der Waals surface area contributed by atoms with Crippen LogP contribution in [0.3, 0.4) is 0 Å². The molecule has 0 aliphatic carbocycles. The highest BCUT2D eigenvalue weighted by molar-refractivity contribution is 5.99. The summed E-state index contributed by atoms with van der Waals surface area (Å²) in [6.45, 7) is 1.09. The van der Waals surface area contributed by atoms with E-state index in [4.69, 9.17) is 4.74 Å². The molecule has 1 atom stereocenters. The summed E-state index contributed by atoms with van der Waals surface area (Å²) in [5, 5.41) is 9.45. The summed E-state index contributed by atoms with van der Waals surface area (Å²) in [5.74, 6) is 0.0785. The van der Waals surface area contributed by atoms with Crippen LogP contribution in [0.5, 0.6) is 5.75 Å². The molecule has 1 aromatic carbocycles. The van der Waals surface area contributed by atoms with Gasteiger partial charge < -0.3 is 14.7 Å². The number of halogens is 1. The van der Waals surface area contributed by atoms with E-state index in [0.717, 1.165) is 0 Å². The van der Waals surface area contributed by atoms with E-state index in [-0.39, 0.29) is 18.3 Å². The average Bonchev–Trinajstić information content (AvgIpc) is 2.83. The van der Waals surface area contributed by atoms with Crippen molar-refractivity contribution in [1.82, 2.24) is 4.90 Å². The van der Waals surface area contributed by atoms with Gasteiger partial charge in [-0.1, -0.05) is 0 Å². The monoisotopic (exact) mass is 263 g/mol. The maximum Gasteiger partial charge on any atom is 0.253 e. The van der Waals surface area contributed by atoms with Gasteiger partial charge in [-0.3, -0.25) is 4.79 Å². The fraction of sp³-hybridized carbons (Fsp3) is 0.357. The van der Waals surface area contributed by atoms with Gasteiger partial charge in [0.1, 0.15) is 18.2 Å². The van der Waals surface area contributed by atoms with E-state index in [0.29, 0.717) is 36.4 Å². The first-order valence-corrected chi connectivity index (χ1v) is 6.24. The summed E-state index contributed by atoms with van der Waals surface area (Å²) < 4.78 is 18.6. The standard InChI is InChI=1S/C14H14FNO3/c15-11-1-2-13-9(6-11)5-10(8-19-13)14(18)16-4-3-12(17)7-16/h1-2,5-6,12,17H,3-4,7-8H2/t12-/m0/s1. The number of hydrogen-bond donors (Lipinski definition) is 1. The van der Waals surface area contributed by atoms with Crippen LogP contribution in [0, 0.1) is 5.82 Å². The molecule has 0 spiro atoms. The minimum absolute atomic E-state index is 0.147. The van der Waals surface area contributed by atoms with Gasteiger partial charge >= 0.3 is 0 Å². The molecule has 2 heterocycles. The molecule has 0 unspecified atom stereocenters. The van der Waals surface area contributed by atoms with E-state index in [1.807, 2.05) is 0 Å². The fourth-order valence-electron chi connectivity index (χ4n) is 2.40. The lowest BCUT2D eigenvalue weighted by Gasteiger charge is -2.21. The van der Waals surface area contributed by atoms with Crippen LogP contribution >= 0.6 is 0 Å². The molecule has 1 N–H and O–H groups in total. The first-order valence-electron chi connectivity index (χ1n) is 6.24. The van der Waals surface area contributed by atoms with Gasteiger partial charge in [0.05, 0.1) is 11.7 Å². The lowest BCUT2D eigenvalue weighted by atomic mass is 10.1. The Kier molecular flexibility index (Phi) is 2.98. The summed E-state index contributed by atoms with van der Waals surface area (Å²) >= 11 is 0. The summed E-state index contributed by atoms with van der Waals surface area (Å²) in [6.07, 6.45) is 1.82. The van der Waals surface area contributed by atoms with E-state index < -0.39 is 6.10 Å². The Labute approximate surface area is 110 Å². The van der Waals surface area contributed by atoms with Crippen molar-refractivity contribution in [3.8, 4) is 5.75 Å². The van der Waals surface area contributed by atoms with Gasteiger partial charge in [0, 0.05) is 18.7 Å². The number of ether oxygens (including phenoxy) is 1. The number of amides is 1. The lowest BCUT2D eigenvalue weighted by molar-refractivity contribution is -0.126. The van der Waals surface area contributed by atoms with Gasteiger partial charge in [-0.15, -0.1) is 0 Å². The van der Waals surface area contributed by atoms with E-state index in [2.05, 4.69) is 0 Å². The van der Waals surface area contributed by atoms with Crippen LogP contribution < -0.4 is 4.74 Å². The van der Waals surface area contributed by atoms with Crippen LogP contribution in [-0.4, -0.2) is 41.7 Å². The van der Waals surface area contributed by atoms with Crippen molar-refractivity contribution in [1.29, 1.82) is 0 Å². The molecule has 0 aromatic heterocycles. The fourth-order valence-corrected chi connectivity index (χ4v) is 2.40. The molecule has 2 aliphatic rings. The van der Waals surface area contributed by atoms with Crippen molar-refractivity contribution in [2.24, 2.45) is 0 Å². The zero-order chi connectivity index (χ0) is 13.4. The van der Waals surface area contributed by atoms with Crippen LogP contribution in [0.4, 0.5) is 4.39 Å². The Morgan fingerprint density at radius 1 is 1.47 bits per heavy atom. The Bertz CT molecular complexity index is 556. The average molecular weight is 263 g/mol. The highest BCUT2D eigenvalue weighted by Crippen LogP contribution is 2.28. The normalized spacial score (nSPS) is 21.7. The molecule has 1 saturated heterocycles. The Balaban J connectivity index is 1.84. The molecule has 100 valence electrons. The molecule has 5 heteroatoms. The van der Waals surface area contributed by atoms with Crippen LogP contribution in [0.1, 0.15) is 12.0 Å². The molecule has 2 aliphatic heterocycles. The topological polar surface area (TPSA) is 49.8 Å². The number of aliphatic hydroxyl groups is 1. The molecule has 0 radical (unpaired) electrons. The number of rotatable bonds is 1. The van der Waals surface area contributed by atoms with Gasteiger partial charge in [0.25, 0.3) is 5.91 Å². The first-order chi connectivity index (χ1) is 9.13. The summed E-state index contributed by atoms with van der Waals surface area (Å²) in [5.41, 5.74) is 1.07. The molecular weight excluding hydrogens is 249 g/mol. The SMILES string of the molecule is O=C(C1=Cc2cc(F)ccc2OC1)N1CC[C@H](O)C1. The minimum Gasteiger partial charge on any atom is -0.488 e. The number of nitrogens with zero attached hydrogens (tertiary/aromatic N) is 1. The first kappa shape index (κ1) is 12.2. The third-order valence-corrected chi connectivity index (χ3v) is 3.41. The molecule has 3 rings (SSSR count). The minimum atomic E-state index is -0.446. The molecule has 4 nitrogen and oxygen atoms in total.